The van der Waals surface area contributed by atoms with E-state index in [1.807, 2.05) is 37.3 Å². The Morgan fingerprint density at radius 2 is 1.74 bits per heavy atom. The molecule has 23 heavy (non-hydrogen) atoms. The van der Waals surface area contributed by atoms with Gasteiger partial charge in [0.1, 0.15) is 0 Å². The molecule has 0 saturated carbocycles. The van der Waals surface area contributed by atoms with Crippen molar-refractivity contribution >= 4 is 33.4 Å². The van der Waals surface area contributed by atoms with Crippen molar-refractivity contribution in [2.75, 3.05) is 5.32 Å². The second kappa shape index (κ2) is 7.63. The van der Waals surface area contributed by atoms with E-state index in [2.05, 4.69) is 5.32 Å². The predicted molar refractivity (Wildman–Crippen MR) is 93.6 cm³/mol. The Balaban J connectivity index is 1.90. The molecule has 2 aromatic rings. The minimum atomic E-state index is -3.72. The monoisotopic (exact) mass is 350 g/mol. The number of amides is 1. The summed E-state index contributed by atoms with van der Waals surface area (Å²) in [5, 5.41) is 7.57. The molecule has 0 bridgehead atoms. The lowest BCUT2D eigenvalue weighted by molar-refractivity contribution is -0.115. The van der Waals surface area contributed by atoms with Gasteiger partial charge < -0.3 is 5.32 Å². The lowest BCUT2D eigenvalue weighted by atomic mass is 10.2. The van der Waals surface area contributed by atoms with E-state index in [-0.39, 0.29) is 16.1 Å². The third kappa shape index (κ3) is 5.38. The molecule has 0 radical (unpaired) electrons. The highest BCUT2D eigenvalue weighted by atomic mass is 32.2. The van der Waals surface area contributed by atoms with Gasteiger partial charge in [0.25, 0.3) is 0 Å². The van der Waals surface area contributed by atoms with Gasteiger partial charge in [0, 0.05) is 11.4 Å². The molecule has 0 aromatic heterocycles. The molecule has 122 valence electrons. The Morgan fingerprint density at radius 1 is 1.13 bits per heavy atom. The normalized spacial score (nSPS) is 12.6. The lowest BCUT2D eigenvalue weighted by Gasteiger charge is -2.12. The first kappa shape index (κ1) is 17.5. The van der Waals surface area contributed by atoms with Crippen LogP contribution in [0.4, 0.5) is 5.69 Å². The molecule has 0 heterocycles. The van der Waals surface area contributed by atoms with Crippen LogP contribution in [-0.4, -0.2) is 19.6 Å². The van der Waals surface area contributed by atoms with Gasteiger partial charge >= 0.3 is 0 Å². The predicted octanol–water partition coefficient (Wildman–Crippen LogP) is 2.59. The number of sulfonamides is 1. The summed E-state index contributed by atoms with van der Waals surface area (Å²) in [7, 11) is -3.72. The Hall–Kier alpha value is -1.83. The van der Waals surface area contributed by atoms with Crippen LogP contribution >= 0.6 is 11.8 Å². The smallest absolute Gasteiger partial charge is 0.238 e. The molecule has 0 aliphatic carbocycles. The summed E-state index contributed by atoms with van der Waals surface area (Å²) in [6, 6.07) is 15.7. The number of rotatable bonds is 6. The largest absolute Gasteiger partial charge is 0.325 e. The fourth-order valence-electron chi connectivity index (χ4n) is 1.84. The van der Waals surface area contributed by atoms with Crippen molar-refractivity contribution in [2.45, 2.75) is 22.8 Å². The highest BCUT2D eigenvalue weighted by molar-refractivity contribution is 7.99. The molecule has 0 unspecified atom stereocenters. The van der Waals surface area contributed by atoms with Gasteiger partial charge in [-0.15, -0.1) is 11.8 Å². The Morgan fingerprint density at radius 3 is 2.30 bits per heavy atom. The Bertz CT molecular complexity index is 760. The van der Waals surface area contributed by atoms with Crippen molar-refractivity contribution in [3.8, 4) is 0 Å². The molecule has 0 aliphatic heterocycles. The standard InChI is InChI=1S/C16H18N2O3S2/c1-12(22-11-13-5-3-2-4-6-13)16(19)18-14-7-9-15(10-8-14)23(17,20)21/h2-10,12H,11H2,1H3,(H,18,19)(H2,17,20,21)/t12-/m0/s1. The number of nitrogens with one attached hydrogen (secondary N) is 1. The van der Waals surface area contributed by atoms with Crippen molar-refractivity contribution < 1.29 is 13.2 Å². The molecule has 7 heteroatoms. The van der Waals surface area contributed by atoms with E-state index < -0.39 is 10.0 Å². The Kier molecular flexibility index (Phi) is 5.81. The van der Waals surface area contributed by atoms with Gasteiger partial charge in [-0.05, 0) is 36.8 Å². The summed E-state index contributed by atoms with van der Waals surface area (Å²) in [4.78, 5) is 12.2. The van der Waals surface area contributed by atoms with Gasteiger partial charge in [0.05, 0.1) is 10.1 Å². The van der Waals surface area contributed by atoms with Gasteiger partial charge in [0.2, 0.25) is 15.9 Å². The van der Waals surface area contributed by atoms with E-state index in [4.69, 9.17) is 5.14 Å². The minimum absolute atomic E-state index is 0.0157. The quantitative estimate of drug-likeness (QED) is 0.838. The third-order valence-electron chi connectivity index (χ3n) is 3.16. The molecule has 1 amide bonds. The van der Waals surface area contributed by atoms with Crippen molar-refractivity contribution in [1.29, 1.82) is 0 Å². The van der Waals surface area contributed by atoms with Crippen LogP contribution in [0.3, 0.4) is 0 Å². The summed E-state index contributed by atoms with van der Waals surface area (Å²) >= 11 is 1.54. The molecule has 2 rings (SSSR count). The van der Waals surface area contributed by atoms with E-state index in [9.17, 15) is 13.2 Å². The number of carbonyl (C=O) groups is 1. The first-order valence-electron chi connectivity index (χ1n) is 6.95. The molecular weight excluding hydrogens is 332 g/mol. The van der Waals surface area contributed by atoms with E-state index >= 15 is 0 Å². The summed E-state index contributed by atoms with van der Waals surface area (Å²) in [5.74, 6) is 0.619. The van der Waals surface area contributed by atoms with Crippen LogP contribution in [0.1, 0.15) is 12.5 Å². The maximum Gasteiger partial charge on any atom is 0.238 e. The fourth-order valence-corrected chi connectivity index (χ4v) is 3.20. The highest BCUT2D eigenvalue weighted by Crippen LogP contribution is 2.20. The van der Waals surface area contributed by atoms with Crippen LogP contribution in [0.15, 0.2) is 59.5 Å². The van der Waals surface area contributed by atoms with Crippen LogP contribution in [-0.2, 0) is 20.6 Å². The summed E-state index contributed by atoms with van der Waals surface area (Å²) in [6.45, 7) is 1.83. The van der Waals surface area contributed by atoms with Crippen LogP contribution in [0.5, 0.6) is 0 Å². The molecule has 0 fully saturated rings. The number of primary sulfonamides is 1. The second-order valence-corrected chi connectivity index (χ2v) is 7.89. The highest BCUT2D eigenvalue weighted by Gasteiger charge is 2.14. The maximum atomic E-state index is 12.1. The zero-order valence-electron chi connectivity index (χ0n) is 12.6. The SMILES string of the molecule is C[C@H](SCc1ccccc1)C(=O)Nc1ccc(S(N)(=O)=O)cc1. The number of anilines is 1. The second-order valence-electron chi connectivity index (χ2n) is 5.00. The lowest BCUT2D eigenvalue weighted by Crippen LogP contribution is -2.22. The zero-order chi connectivity index (χ0) is 16.9. The van der Waals surface area contributed by atoms with Gasteiger partial charge in [-0.2, -0.15) is 0 Å². The van der Waals surface area contributed by atoms with Crippen molar-refractivity contribution in [1.82, 2.24) is 0 Å². The van der Waals surface area contributed by atoms with Crippen molar-refractivity contribution in [3.05, 3.63) is 60.2 Å². The number of carbonyl (C=O) groups excluding carboxylic acids is 1. The fraction of sp³-hybridized carbons (Fsp3) is 0.188. The summed E-state index contributed by atoms with van der Waals surface area (Å²) in [5.41, 5.74) is 1.70. The van der Waals surface area contributed by atoms with Crippen LogP contribution < -0.4 is 10.5 Å². The number of hydrogen-bond donors (Lipinski definition) is 2. The first-order chi connectivity index (χ1) is 10.9. The van der Waals surface area contributed by atoms with Gasteiger partial charge in [-0.3, -0.25) is 4.79 Å². The van der Waals surface area contributed by atoms with E-state index in [0.29, 0.717) is 5.69 Å². The molecule has 5 nitrogen and oxygen atoms in total. The van der Waals surface area contributed by atoms with Crippen LogP contribution in [0.25, 0.3) is 0 Å². The minimum Gasteiger partial charge on any atom is -0.325 e. The topological polar surface area (TPSA) is 89.3 Å². The van der Waals surface area contributed by atoms with Gasteiger partial charge in [-0.25, -0.2) is 13.6 Å². The maximum absolute atomic E-state index is 12.1. The average Bonchev–Trinajstić information content (AvgIpc) is 2.53. The first-order valence-corrected chi connectivity index (χ1v) is 9.55. The number of nitrogens with two attached hydrogens (primary N) is 1. The molecule has 1 atom stereocenters. The molecule has 3 N–H and O–H groups in total. The zero-order valence-corrected chi connectivity index (χ0v) is 14.2. The molecule has 0 saturated heterocycles. The van der Waals surface area contributed by atoms with E-state index in [1.54, 1.807) is 0 Å². The molecule has 0 aliphatic rings. The van der Waals surface area contributed by atoms with Crippen LogP contribution in [0.2, 0.25) is 0 Å². The van der Waals surface area contributed by atoms with Crippen molar-refractivity contribution in [3.63, 3.8) is 0 Å². The van der Waals surface area contributed by atoms with E-state index in [0.717, 1.165) is 11.3 Å². The van der Waals surface area contributed by atoms with Crippen molar-refractivity contribution in [2.24, 2.45) is 5.14 Å². The van der Waals surface area contributed by atoms with Crippen LogP contribution in [0, 0.1) is 0 Å². The Labute approximate surface area is 140 Å². The number of benzene rings is 2. The third-order valence-corrected chi connectivity index (χ3v) is 5.31. The number of thioether (sulfide) groups is 1. The molecular formula is C16H18N2O3S2. The summed E-state index contributed by atoms with van der Waals surface area (Å²) in [6.07, 6.45) is 0. The molecule has 2 aromatic carbocycles. The molecule has 0 spiro atoms. The average molecular weight is 350 g/mol. The summed E-state index contributed by atoms with van der Waals surface area (Å²) < 4.78 is 22.4. The number of hydrogen-bond acceptors (Lipinski definition) is 4. The van der Waals surface area contributed by atoms with E-state index in [1.165, 1.54) is 36.0 Å². The van der Waals surface area contributed by atoms with Gasteiger partial charge in [-0.1, -0.05) is 30.3 Å². The van der Waals surface area contributed by atoms with Gasteiger partial charge in [0.15, 0.2) is 0 Å².